The minimum atomic E-state index is -4.27. The van der Waals surface area contributed by atoms with Crippen molar-refractivity contribution in [1.29, 1.82) is 0 Å². The SMILES string of the molecule is CNCC(COCC(F)(F)F)c1ccc(Br)cc1. The van der Waals surface area contributed by atoms with E-state index in [4.69, 9.17) is 4.74 Å². The van der Waals surface area contributed by atoms with E-state index < -0.39 is 12.8 Å². The van der Waals surface area contributed by atoms with Gasteiger partial charge in [-0.2, -0.15) is 13.2 Å². The average molecular weight is 326 g/mol. The Balaban J connectivity index is 2.57. The number of hydrogen-bond acceptors (Lipinski definition) is 2. The first-order valence-electron chi connectivity index (χ1n) is 5.47. The molecule has 0 aliphatic rings. The van der Waals surface area contributed by atoms with Gasteiger partial charge in [-0.15, -0.1) is 0 Å². The third kappa shape index (κ3) is 5.84. The Bertz CT molecular complexity index is 353. The fraction of sp³-hybridized carbons (Fsp3) is 0.500. The number of nitrogens with one attached hydrogen (secondary N) is 1. The van der Waals surface area contributed by atoms with E-state index in [1.165, 1.54) is 0 Å². The van der Waals surface area contributed by atoms with Gasteiger partial charge in [0.25, 0.3) is 0 Å². The maximum Gasteiger partial charge on any atom is 0.411 e. The van der Waals surface area contributed by atoms with E-state index in [1.807, 2.05) is 24.3 Å². The molecule has 0 fully saturated rings. The Morgan fingerprint density at radius 1 is 1.28 bits per heavy atom. The second kappa shape index (κ2) is 7.11. The summed E-state index contributed by atoms with van der Waals surface area (Å²) in [5.74, 6) is -0.0922. The van der Waals surface area contributed by atoms with E-state index in [9.17, 15) is 13.2 Å². The predicted octanol–water partition coefficient (Wildman–Crippen LogP) is 3.33. The van der Waals surface area contributed by atoms with Gasteiger partial charge in [-0.1, -0.05) is 28.1 Å². The maximum atomic E-state index is 12.0. The van der Waals surface area contributed by atoms with Crippen LogP contribution in [0.4, 0.5) is 13.2 Å². The normalized spacial score (nSPS) is 13.6. The summed E-state index contributed by atoms with van der Waals surface area (Å²) in [6.07, 6.45) is -4.27. The second-order valence-corrected chi connectivity index (χ2v) is 4.85. The molecule has 0 saturated heterocycles. The number of benzene rings is 1. The minimum Gasteiger partial charge on any atom is -0.371 e. The Labute approximate surface area is 113 Å². The molecular formula is C12H15BrF3NO. The van der Waals surface area contributed by atoms with Gasteiger partial charge < -0.3 is 10.1 Å². The average Bonchev–Trinajstić information content (AvgIpc) is 2.27. The molecule has 0 aliphatic carbocycles. The molecule has 0 bridgehead atoms. The zero-order valence-electron chi connectivity index (χ0n) is 9.93. The van der Waals surface area contributed by atoms with Crippen molar-refractivity contribution >= 4 is 15.9 Å². The largest absolute Gasteiger partial charge is 0.411 e. The van der Waals surface area contributed by atoms with E-state index in [0.29, 0.717) is 6.54 Å². The van der Waals surface area contributed by atoms with Crippen LogP contribution in [0.25, 0.3) is 0 Å². The van der Waals surface area contributed by atoms with Crippen molar-refractivity contribution in [2.24, 2.45) is 0 Å². The van der Waals surface area contributed by atoms with Crippen LogP contribution >= 0.6 is 15.9 Å². The van der Waals surface area contributed by atoms with Gasteiger partial charge in [0.1, 0.15) is 6.61 Å². The van der Waals surface area contributed by atoms with Crippen molar-refractivity contribution in [2.45, 2.75) is 12.1 Å². The van der Waals surface area contributed by atoms with Gasteiger partial charge in [0, 0.05) is 16.9 Å². The molecule has 1 unspecified atom stereocenters. The van der Waals surface area contributed by atoms with E-state index in [1.54, 1.807) is 7.05 Å². The van der Waals surface area contributed by atoms with E-state index in [-0.39, 0.29) is 12.5 Å². The van der Waals surface area contributed by atoms with Gasteiger partial charge in [-0.3, -0.25) is 0 Å². The summed E-state index contributed by atoms with van der Waals surface area (Å²) in [6.45, 7) is -0.592. The highest BCUT2D eigenvalue weighted by Gasteiger charge is 2.28. The number of rotatable bonds is 6. The quantitative estimate of drug-likeness (QED) is 0.866. The van der Waals surface area contributed by atoms with Gasteiger partial charge in [-0.25, -0.2) is 0 Å². The molecule has 102 valence electrons. The molecule has 1 rings (SSSR count). The van der Waals surface area contributed by atoms with Gasteiger partial charge in [0.05, 0.1) is 6.61 Å². The number of alkyl halides is 3. The van der Waals surface area contributed by atoms with Crippen molar-refractivity contribution in [1.82, 2.24) is 5.32 Å². The molecule has 1 N–H and O–H groups in total. The fourth-order valence-electron chi connectivity index (χ4n) is 1.57. The Kier molecular flexibility index (Phi) is 6.11. The molecule has 0 radical (unpaired) electrons. The molecular weight excluding hydrogens is 311 g/mol. The summed E-state index contributed by atoms with van der Waals surface area (Å²) in [5.41, 5.74) is 0.953. The minimum absolute atomic E-state index is 0.0436. The van der Waals surface area contributed by atoms with Crippen LogP contribution < -0.4 is 5.32 Å². The zero-order valence-corrected chi connectivity index (χ0v) is 11.5. The Hall–Kier alpha value is -0.590. The monoisotopic (exact) mass is 325 g/mol. The first-order chi connectivity index (χ1) is 8.42. The molecule has 1 aromatic carbocycles. The summed E-state index contributed by atoms with van der Waals surface area (Å²) >= 11 is 3.32. The maximum absolute atomic E-state index is 12.0. The standard InChI is InChI=1S/C12H15BrF3NO/c1-17-6-10(7-18-8-12(14,15)16)9-2-4-11(13)5-3-9/h2-5,10,17H,6-8H2,1H3. The molecule has 0 spiro atoms. The lowest BCUT2D eigenvalue weighted by atomic mass is 10.0. The van der Waals surface area contributed by atoms with Crippen molar-refractivity contribution in [3.05, 3.63) is 34.3 Å². The second-order valence-electron chi connectivity index (χ2n) is 3.94. The lowest BCUT2D eigenvalue weighted by molar-refractivity contribution is -0.174. The highest BCUT2D eigenvalue weighted by Crippen LogP contribution is 2.20. The number of likely N-dealkylation sites (N-methyl/N-ethyl adjacent to an activating group) is 1. The van der Waals surface area contributed by atoms with Crippen LogP contribution in [0.3, 0.4) is 0 Å². The topological polar surface area (TPSA) is 21.3 Å². The van der Waals surface area contributed by atoms with Crippen LogP contribution in [0.5, 0.6) is 0 Å². The third-order valence-electron chi connectivity index (χ3n) is 2.38. The van der Waals surface area contributed by atoms with Crippen molar-refractivity contribution in [3.63, 3.8) is 0 Å². The summed E-state index contributed by atoms with van der Waals surface area (Å²) in [7, 11) is 1.76. The van der Waals surface area contributed by atoms with E-state index >= 15 is 0 Å². The molecule has 18 heavy (non-hydrogen) atoms. The van der Waals surface area contributed by atoms with Crippen LogP contribution in [0.2, 0.25) is 0 Å². The van der Waals surface area contributed by atoms with Crippen LogP contribution in [-0.2, 0) is 4.74 Å². The fourth-order valence-corrected chi connectivity index (χ4v) is 1.84. The first-order valence-corrected chi connectivity index (χ1v) is 6.26. The molecule has 0 heterocycles. The van der Waals surface area contributed by atoms with Gasteiger partial charge in [-0.05, 0) is 24.7 Å². The molecule has 0 aromatic heterocycles. The summed E-state index contributed by atoms with van der Waals surface area (Å²) in [6, 6.07) is 7.48. The van der Waals surface area contributed by atoms with Crippen LogP contribution in [-0.4, -0.2) is 33.0 Å². The number of hydrogen-bond donors (Lipinski definition) is 1. The molecule has 1 atom stereocenters. The lowest BCUT2D eigenvalue weighted by Gasteiger charge is -2.18. The van der Waals surface area contributed by atoms with Crippen LogP contribution in [0.15, 0.2) is 28.7 Å². The highest BCUT2D eigenvalue weighted by atomic mass is 79.9. The van der Waals surface area contributed by atoms with E-state index in [0.717, 1.165) is 10.0 Å². The number of ether oxygens (including phenoxy) is 1. The predicted molar refractivity (Wildman–Crippen MR) is 67.7 cm³/mol. The highest BCUT2D eigenvalue weighted by molar-refractivity contribution is 9.10. The van der Waals surface area contributed by atoms with Gasteiger partial charge in [0.15, 0.2) is 0 Å². The van der Waals surface area contributed by atoms with Crippen molar-refractivity contribution < 1.29 is 17.9 Å². The molecule has 0 saturated carbocycles. The van der Waals surface area contributed by atoms with Crippen molar-refractivity contribution in [2.75, 3.05) is 26.8 Å². The van der Waals surface area contributed by atoms with Gasteiger partial charge >= 0.3 is 6.18 Å². The Morgan fingerprint density at radius 3 is 2.39 bits per heavy atom. The first kappa shape index (κ1) is 15.5. The summed E-state index contributed by atoms with van der Waals surface area (Å²) in [5, 5.41) is 2.96. The summed E-state index contributed by atoms with van der Waals surface area (Å²) < 4.78 is 41.7. The third-order valence-corrected chi connectivity index (χ3v) is 2.91. The molecule has 0 aliphatic heterocycles. The molecule has 0 amide bonds. The lowest BCUT2D eigenvalue weighted by Crippen LogP contribution is -2.24. The van der Waals surface area contributed by atoms with Crippen LogP contribution in [0.1, 0.15) is 11.5 Å². The molecule has 2 nitrogen and oxygen atoms in total. The zero-order chi connectivity index (χ0) is 13.6. The van der Waals surface area contributed by atoms with E-state index in [2.05, 4.69) is 21.2 Å². The van der Waals surface area contributed by atoms with Gasteiger partial charge in [0.2, 0.25) is 0 Å². The number of halogens is 4. The van der Waals surface area contributed by atoms with Crippen LogP contribution in [0, 0.1) is 0 Å². The van der Waals surface area contributed by atoms with Crippen molar-refractivity contribution in [3.8, 4) is 0 Å². The summed E-state index contributed by atoms with van der Waals surface area (Å²) in [4.78, 5) is 0. The Morgan fingerprint density at radius 2 is 1.89 bits per heavy atom. The molecule has 1 aromatic rings. The smallest absolute Gasteiger partial charge is 0.371 e. The molecule has 6 heteroatoms.